The number of hydrogen-bond donors (Lipinski definition) is 1. The van der Waals surface area contributed by atoms with Gasteiger partial charge in [-0.15, -0.1) is 0 Å². The van der Waals surface area contributed by atoms with Crippen molar-refractivity contribution in [3.8, 4) is 0 Å². The van der Waals surface area contributed by atoms with E-state index in [2.05, 4.69) is 0 Å². The molecule has 0 aromatic heterocycles. The van der Waals surface area contributed by atoms with E-state index >= 15 is 0 Å². The van der Waals surface area contributed by atoms with Crippen LogP contribution in [0.4, 0.5) is 8.78 Å². The first-order valence-corrected chi connectivity index (χ1v) is 5.29. The number of carboxylic acid groups (broad SMARTS) is 1. The minimum atomic E-state index is -0.913. The van der Waals surface area contributed by atoms with Gasteiger partial charge in [-0.25, -0.2) is 8.78 Å². The first-order valence-electron chi connectivity index (χ1n) is 5.29. The van der Waals surface area contributed by atoms with Crippen molar-refractivity contribution in [1.82, 2.24) is 4.90 Å². The number of nitrogens with zero attached hydrogens (tertiary/aromatic N) is 1. The first kappa shape index (κ1) is 13.6. The molecule has 17 heavy (non-hydrogen) atoms. The van der Waals surface area contributed by atoms with Crippen molar-refractivity contribution in [2.24, 2.45) is 0 Å². The second-order valence-electron chi connectivity index (χ2n) is 3.94. The Morgan fingerprint density at radius 2 is 2.12 bits per heavy atom. The van der Waals surface area contributed by atoms with Crippen LogP contribution in [0.2, 0.25) is 0 Å². The van der Waals surface area contributed by atoms with Gasteiger partial charge in [0.2, 0.25) is 0 Å². The summed E-state index contributed by atoms with van der Waals surface area (Å²) in [5.74, 6) is -2.67. The van der Waals surface area contributed by atoms with Crippen molar-refractivity contribution in [2.75, 3.05) is 13.6 Å². The average molecular weight is 243 g/mol. The number of aliphatic carboxylic acids is 1. The number of benzene rings is 1. The lowest BCUT2D eigenvalue weighted by molar-refractivity contribution is -0.137. The van der Waals surface area contributed by atoms with Gasteiger partial charge >= 0.3 is 5.97 Å². The summed E-state index contributed by atoms with van der Waals surface area (Å²) < 4.78 is 26.5. The van der Waals surface area contributed by atoms with Crippen LogP contribution in [0.15, 0.2) is 18.2 Å². The molecule has 5 heteroatoms. The van der Waals surface area contributed by atoms with Crippen LogP contribution in [0.5, 0.6) is 0 Å². The van der Waals surface area contributed by atoms with Crippen LogP contribution in [0.25, 0.3) is 0 Å². The van der Waals surface area contributed by atoms with Gasteiger partial charge in [0, 0.05) is 18.2 Å². The van der Waals surface area contributed by atoms with E-state index in [9.17, 15) is 13.6 Å². The minimum Gasteiger partial charge on any atom is -0.481 e. The number of rotatable bonds is 5. The molecular formula is C12H15F2NO2. The topological polar surface area (TPSA) is 40.5 Å². The maximum atomic E-state index is 13.5. The maximum Gasteiger partial charge on any atom is 0.304 e. The smallest absolute Gasteiger partial charge is 0.304 e. The highest BCUT2D eigenvalue weighted by Gasteiger charge is 2.18. The number of carbonyl (C=O) groups is 1. The van der Waals surface area contributed by atoms with Crippen molar-refractivity contribution >= 4 is 5.97 Å². The monoisotopic (exact) mass is 243 g/mol. The normalized spacial score (nSPS) is 12.8. The first-order chi connectivity index (χ1) is 7.93. The van der Waals surface area contributed by atoms with Crippen molar-refractivity contribution in [3.63, 3.8) is 0 Å². The van der Waals surface area contributed by atoms with E-state index in [1.54, 1.807) is 18.9 Å². The summed E-state index contributed by atoms with van der Waals surface area (Å²) in [5.41, 5.74) is 0.234. The summed E-state index contributed by atoms with van der Waals surface area (Å²) in [6.07, 6.45) is -0.0300. The predicted octanol–water partition coefficient (Wildman–Crippen LogP) is 2.43. The molecule has 1 rings (SSSR count). The van der Waals surface area contributed by atoms with E-state index in [0.717, 1.165) is 6.07 Å². The Bertz CT molecular complexity index is 409. The minimum absolute atomic E-state index is 0.0300. The van der Waals surface area contributed by atoms with Crippen LogP contribution >= 0.6 is 0 Å². The number of carboxylic acids is 1. The van der Waals surface area contributed by atoms with Crippen LogP contribution in [-0.2, 0) is 4.79 Å². The van der Waals surface area contributed by atoms with Crippen LogP contribution in [0, 0.1) is 11.6 Å². The van der Waals surface area contributed by atoms with Gasteiger partial charge in [0.05, 0.1) is 6.42 Å². The van der Waals surface area contributed by atoms with E-state index < -0.39 is 17.6 Å². The highest BCUT2D eigenvalue weighted by Crippen LogP contribution is 2.23. The zero-order chi connectivity index (χ0) is 13.0. The van der Waals surface area contributed by atoms with Gasteiger partial charge in [0.25, 0.3) is 0 Å². The van der Waals surface area contributed by atoms with Gasteiger partial charge in [-0.1, -0.05) is 12.1 Å². The lowest BCUT2D eigenvalue weighted by Crippen LogP contribution is -2.26. The second kappa shape index (κ2) is 5.72. The van der Waals surface area contributed by atoms with Gasteiger partial charge in [-0.3, -0.25) is 9.69 Å². The molecule has 1 aromatic carbocycles. The Labute approximate surface area is 98.7 Å². The van der Waals surface area contributed by atoms with Gasteiger partial charge < -0.3 is 5.11 Å². The quantitative estimate of drug-likeness (QED) is 0.863. The molecule has 1 N–H and O–H groups in total. The summed E-state index contributed by atoms with van der Waals surface area (Å²) in [5, 5.41) is 8.55. The molecule has 0 aliphatic carbocycles. The highest BCUT2D eigenvalue weighted by atomic mass is 19.2. The summed E-state index contributed by atoms with van der Waals surface area (Å²) in [4.78, 5) is 12.1. The fraction of sp³-hybridized carbons (Fsp3) is 0.417. The standard InChI is InChI=1S/C12H15F2NO2/c1-8(15(2)7-6-11(16)17)9-4-3-5-10(13)12(9)14/h3-5,8H,6-7H2,1-2H3,(H,16,17). The molecule has 0 bridgehead atoms. The third kappa shape index (κ3) is 3.49. The SMILES string of the molecule is CC(c1cccc(F)c1F)N(C)CCC(=O)O. The molecule has 0 heterocycles. The Balaban J connectivity index is 2.77. The van der Waals surface area contributed by atoms with E-state index in [-0.39, 0.29) is 24.6 Å². The van der Waals surface area contributed by atoms with E-state index in [1.165, 1.54) is 12.1 Å². The number of hydrogen-bond acceptors (Lipinski definition) is 2. The third-order valence-electron chi connectivity index (χ3n) is 2.77. The highest BCUT2D eigenvalue weighted by molar-refractivity contribution is 5.66. The van der Waals surface area contributed by atoms with Gasteiger partial charge in [0.1, 0.15) is 0 Å². The molecule has 0 aliphatic rings. The molecule has 94 valence electrons. The lowest BCUT2D eigenvalue weighted by atomic mass is 10.1. The molecule has 1 aromatic rings. The second-order valence-corrected chi connectivity index (χ2v) is 3.94. The summed E-state index contributed by atoms with van der Waals surface area (Å²) in [7, 11) is 1.68. The van der Waals surface area contributed by atoms with Gasteiger partial charge in [0.15, 0.2) is 11.6 Å². The molecule has 1 unspecified atom stereocenters. The molecule has 0 fully saturated rings. The zero-order valence-corrected chi connectivity index (χ0v) is 9.78. The fourth-order valence-electron chi connectivity index (χ4n) is 1.55. The molecule has 0 saturated carbocycles. The summed E-state index contributed by atoms with van der Waals surface area (Å²) in [6, 6.07) is 3.63. The summed E-state index contributed by atoms with van der Waals surface area (Å²) >= 11 is 0. The van der Waals surface area contributed by atoms with Crippen LogP contribution in [0.1, 0.15) is 24.9 Å². The van der Waals surface area contributed by atoms with E-state index in [4.69, 9.17) is 5.11 Å². The van der Waals surface area contributed by atoms with Crippen LogP contribution in [-0.4, -0.2) is 29.6 Å². The maximum absolute atomic E-state index is 13.5. The summed E-state index contributed by atoms with van der Waals surface area (Å²) in [6.45, 7) is 1.99. The van der Waals surface area contributed by atoms with Crippen molar-refractivity contribution in [2.45, 2.75) is 19.4 Å². The van der Waals surface area contributed by atoms with Gasteiger partial charge in [-0.2, -0.15) is 0 Å². The van der Waals surface area contributed by atoms with Gasteiger partial charge in [-0.05, 0) is 20.0 Å². The van der Waals surface area contributed by atoms with Crippen LogP contribution in [0.3, 0.4) is 0 Å². The lowest BCUT2D eigenvalue weighted by Gasteiger charge is -2.24. The van der Waals surface area contributed by atoms with Crippen LogP contribution < -0.4 is 0 Å². The fourth-order valence-corrected chi connectivity index (χ4v) is 1.55. The third-order valence-corrected chi connectivity index (χ3v) is 2.77. The molecule has 0 spiro atoms. The van der Waals surface area contributed by atoms with E-state index in [1.807, 2.05) is 0 Å². The Morgan fingerprint density at radius 3 is 2.71 bits per heavy atom. The zero-order valence-electron chi connectivity index (χ0n) is 9.78. The van der Waals surface area contributed by atoms with Crippen molar-refractivity contribution in [1.29, 1.82) is 0 Å². The number of halogens is 2. The van der Waals surface area contributed by atoms with Crippen molar-refractivity contribution < 1.29 is 18.7 Å². The predicted molar refractivity (Wildman–Crippen MR) is 59.7 cm³/mol. The average Bonchev–Trinajstić information content (AvgIpc) is 2.28. The Kier molecular flexibility index (Phi) is 4.57. The molecule has 0 radical (unpaired) electrons. The molecule has 0 amide bonds. The largest absolute Gasteiger partial charge is 0.481 e. The molecule has 3 nitrogen and oxygen atoms in total. The molecular weight excluding hydrogens is 228 g/mol. The van der Waals surface area contributed by atoms with Crippen molar-refractivity contribution in [3.05, 3.63) is 35.4 Å². The Morgan fingerprint density at radius 1 is 1.47 bits per heavy atom. The van der Waals surface area contributed by atoms with E-state index in [0.29, 0.717) is 0 Å². The Hall–Kier alpha value is -1.49. The molecule has 1 atom stereocenters. The molecule has 0 saturated heterocycles. The molecule has 0 aliphatic heterocycles.